The summed E-state index contributed by atoms with van der Waals surface area (Å²) in [6.45, 7) is 3.84. The normalized spacial score (nSPS) is 11.8. The Balaban J connectivity index is 1.90. The lowest BCUT2D eigenvalue weighted by Gasteiger charge is -2.11. The summed E-state index contributed by atoms with van der Waals surface area (Å²) in [6, 6.07) is 9.25. The number of nitrogens with zero attached hydrogens (tertiary/aromatic N) is 3. The minimum atomic E-state index is -0.474. The smallest absolute Gasteiger partial charge is 0.321 e. The molecule has 1 atom stereocenters. The Morgan fingerprint density at radius 1 is 1.25 bits per heavy atom. The quantitative estimate of drug-likeness (QED) is 0.782. The molecule has 7 nitrogen and oxygen atoms in total. The third kappa shape index (κ3) is 4.82. The lowest BCUT2D eigenvalue weighted by atomic mass is 10.2. The van der Waals surface area contributed by atoms with Gasteiger partial charge in [-0.1, -0.05) is 49.0 Å². The molecule has 2 aromatic rings. The first-order chi connectivity index (χ1) is 11.5. The van der Waals surface area contributed by atoms with Crippen LogP contribution in [-0.2, 0) is 11.8 Å². The minimum absolute atomic E-state index is 0.0256. The Morgan fingerprint density at radius 2 is 1.96 bits per heavy atom. The summed E-state index contributed by atoms with van der Waals surface area (Å²) in [4.78, 5) is 23.4. The Morgan fingerprint density at radius 3 is 2.62 bits per heavy atom. The van der Waals surface area contributed by atoms with Crippen LogP contribution in [0, 0.1) is 0 Å². The SMILES string of the molecule is CC[C@@H](C)NC(=O)NC(=O)CSc1nnc(-c2ccccc2)n1C. The third-order valence-corrected chi connectivity index (χ3v) is 4.46. The van der Waals surface area contributed by atoms with Gasteiger partial charge in [0, 0.05) is 18.7 Å². The number of amides is 3. The standard InChI is InChI=1S/C16H21N5O2S/c1-4-11(2)17-15(23)18-13(22)10-24-16-20-19-14(21(16)3)12-8-6-5-7-9-12/h5-9,11H,4,10H2,1-3H3,(H2,17,18,22,23)/t11-/m1/s1. The van der Waals surface area contributed by atoms with Gasteiger partial charge in [0.25, 0.3) is 0 Å². The van der Waals surface area contributed by atoms with Crippen LogP contribution in [0.2, 0.25) is 0 Å². The van der Waals surface area contributed by atoms with Crippen LogP contribution in [0.1, 0.15) is 20.3 Å². The lowest BCUT2D eigenvalue weighted by molar-refractivity contribution is -0.117. The molecule has 3 amide bonds. The summed E-state index contributed by atoms with van der Waals surface area (Å²) >= 11 is 1.23. The Kier molecular flexibility index (Phi) is 6.36. The molecule has 0 fully saturated rings. The van der Waals surface area contributed by atoms with Crippen molar-refractivity contribution in [3.63, 3.8) is 0 Å². The van der Waals surface area contributed by atoms with Crippen molar-refractivity contribution >= 4 is 23.7 Å². The van der Waals surface area contributed by atoms with E-state index in [-0.39, 0.29) is 17.7 Å². The Bertz CT molecular complexity index is 702. The third-order valence-electron chi connectivity index (χ3n) is 3.44. The van der Waals surface area contributed by atoms with Gasteiger partial charge in [-0.05, 0) is 13.3 Å². The zero-order valence-corrected chi connectivity index (χ0v) is 14.8. The minimum Gasteiger partial charge on any atom is -0.335 e. The van der Waals surface area contributed by atoms with Crippen molar-refractivity contribution in [2.45, 2.75) is 31.5 Å². The van der Waals surface area contributed by atoms with Crippen LogP contribution in [0.25, 0.3) is 11.4 Å². The molecule has 1 aromatic carbocycles. The van der Waals surface area contributed by atoms with Gasteiger partial charge >= 0.3 is 6.03 Å². The second kappa shape index (κ2) is 8.49. The highest BCUT2D eigenvalue weighted by atomic mass is 32.2. The van der Waals surface area contributed by atoms with E-state index in [1.54, 1.807) is 0 Å². The predicted molar refractivity (Wildman–Crippen MR) is 93.6 cm³/mol. The second-order valence-corrected chi connectivity index (χ2v) is 6.29. The van der Waals surface area contributed by atoms with E-state index in [1.807, 2.05) is 55.8 Å². The van der Waals surface area contributed by atoms with Crippen molar-refractivity contribution in [1.82, 2.24) is 25.4 Å². The molecule has 0 saturated carbocycles. The zero-order valence-electron chi connectivity index (χ0n) is 13.9. The number of nitrogens with one attached hydrogen (secondary N) is 2. The van der Waals surface area contributed by atoms with E-state index in [4.69, 9.17) is 0 Å². The molecule has 2 N–H and O–H groups in total. The maximum atomic E-state index is 11.8. The first-order valence-corrected chi connectivity index (χ1v) is 8.67. The summed E-state index contributed by atoms with van der Waals surface area (Å²) in [5.74, 6) is 0.451. The Labute approximate surface area is 145 Å². The fourth-order valence-electron chi connectivity index (χ4n) is 1.93. The molecule has 0 spiro atoms. The van der Waals surface area contributed by atoms with E-state index in [9.17, 15) is 9.59 Å². The first kappa shape index (κ1) is 18.0. The van der Waals surface area contributed by atoms with E-state index in [0.717, 1.165) is 17.8 Å². The molecule has 0 aliphatic carbocycles. The van der Waals surface area contributed by atoms with Gasteiger partial charge in [0.15, 0.2) is 11.0 Å². The van der Waals surface area contributed by atoms with Crippen LogP contribution < -0.4 is 10.6 Å². The van der Waals surface area contributed by atoms with E-state index >= 15 is 0 Å². The molecule has 128 valence electrons. The molecule has 8 heteroatoms. The number of hydrogen-bond acceptors (Lipinski definition) is 5. The molecule has 0 unspecified atom stereocenters. The number of carbonyl (C=O) groups is 2. The maximum absolute atomic E-state index is 11.8. The number of aromatic nitrogens is 3. The van der Waals surface area contributed by atoms with Crippen LogP contribution in [-0.4, -0.2) is 38.5 Å². The summed E-state index contributed by atoms with van der Waals surface area (Å²) in [7, 11) is 1.85. The molecule has 0 aliphatic rings. The van der Waals surface area contributed by atoms with Gasteiger partial charge in [-0.3, -0.25) is 10.1 Å². The van der Waals surface area contributed by atoms with Crippen LogP contribution >= 0.6 is 11.8 Å². The van der Waals surface area contributed by atoms with E-state index in [0.29, 0.717) is 5.16 Å². The van der Waals surface area contributed by atoms with Gasteiger partial charge in [0.05, 0.1) is 5.75 Å². The molecule has 2 rings (SSSR count). The number of urea groups is 1. The van der Waals surface area contributed by atoms with E-state index in [2.05, 4.69) is 20.8 Å². The molecule has 0 aliphatic heterocycles. The van der Waals surface area contributed by atoms with Gasteiger partial charge in [-0.2, -0.15) is 0 Å². The lowest BCUT2D eigenvalue weighted by Crippen LogP contribution is -2.43. The van der Waals surface area contributed by atoms with Gasteiger partial charge < -0.3 is 9.88 Å². The molecule has 0 saturated heterocycles. The average molecular weight is 347 g/mol. The fraction of sp³-hybridized carbons (Fsp3) is 0.375. The molecule has 0 bridgehead atoms. The van der Waals surface area contributed by atoms with Crippen LogP contribution in [0.4, 0.5) is 4.79 Å². The molecule has 1 heterocycles. The van der Waals surface area contributed by atoms with Crippen molar-refractivity contribution in [3.05, 3.63) is 30.3 Å². The second-order valence-electron chi connectivity index (χ2n) is 5.35. The molecular weight excluding hydrogens is 326 g/mol. The number of rotatable bonds is 6. The number of imide groups is 1. The average Bonchev–Trinajstić information content (AvgIpc) is 2.94. The summed E-state index contributed by atoms with van der Waals surface area (Å²) in [6.07, 6.45) is 0.803. The predicted octanol–water partition coefficient (Wildman–Crippen LogP) is 2.20. The van der Waals surface area contributed by atoms with Crippen molar-refractivity contribution < 1.29 is 9.59 Å². The fourth-order valence-corrected chi connectivity index (χ4v) is 2.64. The topological polar surface area (TPSA) is 88.9 Å². The number of thioether (sulfide) groups is 1. The van der Waals surface area contributed by atoms with Crippen molar-refractivity contribution in [2.75, 3.05) is 5.75 Å². The van der Waals surface area contributed by atoms with Gasteiger partial charge in [-0.25, -0.2) is 4.79 Å². The molecule has 24 heavy (non-hydrogen) atoms. The van der Waals surface area contributed by atoms with Gasteiger partial charge in [-0.15, -0.1) is 10.2 Å². The van der Waals surface area contributed by atoms with Crippen LogP contribution in [0.15, 0.2) is 35.5 Å². The molecule has 0 radical (unpaired) electrons. The van der Waals surface area contributed by atoms with E-state index in [1.165, 1.54) is 11.8 Å². The molecule has 1 aromatic heterocycles. The van der Waals surface area contributed by atoms with E-state index < -0.39 is 6.03 Å². The largest absolute Gasteiger partial charge is 0.335 e. The number of carbonyl (C=O) groups excluding carboxylic acids is 2. The highest BCUT2D eigenvalue weighted by Crippen LogP contribution is 2.22. The van der Waals surface area contributed by atoms with Crippen LogP contribution in [0.5, 0.6) is 0 Å². The van der Waals surface area contributed by atoms with Gasteiger partial charge in [0.2, 0.25) is 5.91 Å². The van der Waals surface area contributed by atoms with Crippen molar-refractivity contribution in [2.24, 2.45) is 7.05 Å². The Hall–Kier alpha value is -2.35. The highest BCUT2D eigenvalue weighted by molar-refractivity contribution is 7.99. The highest BCUT2D eigenvalue weighted by Gasteiger charge is 2.14. The summed E-state index contributed by atoms with van der Waals surface area (Å²) in [5, 5.41) is 13.9. The van der Waals surface area contributed by atoms with Crippen molar-refractivity contribution in [3.8, 4) is 11.4 Å². The monoisotopic (exact) mass is 347 g/mol. The van der Waals surface area contributed by atoms with Crippen LogP contribution in [0.3, 0.4) is 0 Å². The summed E-state index contributed by atoms with van der Waals surface area (Å²) in [5.41, 5.74) is 0.955. The first-order valence-electron chi connectivity index (χ1n) is 7.69. The summed E-state index contributed by atoms with van der Waals surface area (Å²) < 4.78 is 1.83. The molecular formula is C16H21N5O2S. The van der Waals surface area contributed by atoms with Gasteiger partial charge in [0.1, 0.15) is 0 Å². The number of hydrogen-bond donors (Lipinski definition) is 2. The van der Waals surface area contributed by atoms with Crippen molar-refractivity contribution in [1.29, 1.82) is 0 Å². The zero-order chi connectivity index (χ0) is 17.5. The number of benzene rings is 1. The maximum Gasteiger partial charge on any atom is 0.321 e.